The lowest BCUT2D eigenvalue weighted by Gasteiger charge is -2.50. The first-order valence-corrected chi connectivity index (χ1v) is 21.5. The van der Waals surface area contributed by atoms with Gasteiger partial charge in [-0.2, -0.15) is 0 Å². The van der Waals surface area contributed by atoms with Crippen LogP contribution in [0.15, 0.2) is 53.0 Å². The number of hydrogen-bond donors (Lipinski definition) is 2. The highest BCUT2D eigenvalue weighted by molar-refractivity contribution is 6.08. The molecule has 14 heteroatoms. The van der Waals surface area contributed by atoms with E-state index in [4.69, 9.17) is 28.4 Å². The van der Waals surface area contributed by atoms with Crippen LogP contribution in [-0.2, 0) is 42.8 Å². The maximum atomic E-state index is 17.0. The van der Waals surface area contributed by atoms with Crippen LogP contribution in [0, 0.1) is 17.8 Å². The number of carbonyl (C=O) groups is 3. The summed E-state index contributed by atoms with van der Waals surface area (Å²) in [5.74, 6) is -5.95. The van der Waals surface area contributed by atoms with Gasteiger partial charge in [-0.3, -0.25) is 9.59 Å². The molecule has 0 saturated carbocycles. The molecule has 1 amide bonds. The molecule has 2 bridgehead atoms. The van der Waals surface area contributed by atoms with E-state index in [-0.39, 0.29) is 26.1 Å². The molecule has 0 radical (unpaired) electrons. The molecule has 14 atom stereocenters. The standard InChI is InChI=1S/C47H71FN2O11/c1-15-34-47(12,55)41-28(3)35(49-31(6)51)27(2)24-45(10,57-26-33(25-56-41)23-19-22-32-20-17-16-18-21-32)40(29(4)39(53)46(11,48)43(54)59-34)60-42-37(52)36(50(13)14)38(30(5)58-42)61-44(7,8)9/h16-23,27-30,34,36-38,40-42,52,55H,15,24-26H2,1-14H3/b22-19+,33-23+,49-35+/t27-,28+,29+,30-,34-,36-,37-,38-,40-,41-,42+,45-,46+,47-/m1/s1. The fraction of sp³-hybridized carbons (Fsp3) is 0.702. The molecule has 0 aromatic heterocycles. The van der Waals surface area contributed by atoms with Crippen LogP contribution in [0.25, 0.3) is 6.08 Å². The van der Waals surface area contributed by atoms with Crippen LogP contribution in [0.3, 0.4) is 0 Å². The van der Waals surface area contributed by atoms with E-state index in [1.54, 1.807) is 41.8 Å². The first-order valence-electron chi connectivity index (χ1n) is 21.5. The lowest BCUT2D eigenvalue weighted by Crippen LogP contribution is -2.66. The van der Waals surface area contributed by atoms with E-state index < -0.39 is 107 Å². The summed E-state index contributed by atoms with van der Waals surface area (Å²) in [7, 11) is 3.61. The number of nitrogens with zero attached hydrogens (tertiary/aromatic N) is 2. The monoisotopic (exact) mass is 859 g/mol. The summed E-state index contributed by atoms with van der Waals surface area (Å²) in [4.78, 5) is 47.7. The second-order valence-electron chi connectivity index (χ2n) is 19.0. The predicted octanol–water partition coefficient (Wildman–Crippen LogP) is 6.07. The van der Waals surface area contributed by atoms with E-state index in [9.17, 15) is 24.6 Å². The molecule has 0 unspecified atom stereocenters. The van der Waals surface area contributed by atoms with Crippen molar-refractivity contribution in [3.05, 3.63) is 53.6 Å². The number of allylic oxidation sites excluding steroid dienone is 2. The summed E-state index contributed by atoms with van der Waals surface area (Å²) < 4.78 is 55.9. The van der Waals surface area contributed by atoms with Gasteiger partial charge in [0.15, 0.2) is 12.1 Å². The summed E-state index contributed by atoms with van der Waals surface area (Å²) in [6, 6.07) is 9.03. The van der Waals surface area contributed by atoms with Gasteiger partial charge >= 0.3 is 5.97 Å². The molecule has 0 spiro atoms. The number of alkyl halides is 1. The van der Waals surface area contributed by atoms with Gasteiger partial charge in [0.25, 0.3) is 5.67 Å². The maximum Gasteiger partial charge on any atom is 0.351 e. The molecule has 1 aromatic rings. The smallest absolute Gasteiger partial charge is 0.351 e. The number of Topliss-reactive ketones (excluding diaryl/α,β-unsaturated/α-hetero) is 1. The molecule has 1 aromatic carbocycles. The molecule has 3 fully saturated rings. The van der Waals surface area contributed by atoms with Gasteiger partial charge in [0, 0.05) is 24.5 Å². The number of likely N-dealkylation sites (N-methyl/N-ethyl adjacent to an activating group) is 1. The van der Waals surface area contributed by atoms with E-state index in [1.807, 2.05) is 81.2 Å². The zero-order valence-electron chi connectivity index (χ0n) is 38.6. The van der Waals surface area contributed by atoms with E-state index in [0.29, 0.717) is 11.3 Å². The van der Waals surface area contributed by atoms with Gasteiger partial charge in [-0.25, -0.2) is 14.2 Å². The van der Waals surface area contributed by atoms with Crippen molar-refractivity contribution in [3.63, 3.8) is 0 Å². The maximum absolute atomic E-state index is 17.0. The highest BCUT2D eigenvalue weighted by atomic mass is 19.1. The van der Waals surface area contributed by atoms with Crippen LogP contribution in [0.1, 0.15) is 101 Å². The van der Waals surface area contributed by atoms with Crippen molar-refractivity contribution in [1.29, 1.82) is 0 Å². The van der Waals surface area contributed by atoms with Crippen LogP contribution < -0.4 is 0 Å². The Morgan fingerprint density at radius 3 is 2.26 bits per heavy atom. The number of fused-ring (bicyclic) bond motifs is 5. The quantitative estimate of drug-likeness (QED) is 0.241. The molecular formula is C47H71FN2O11. The largest absolute Gasteiger partial charge is 0.457 e. The number of ketones is 1. The van der Waals surface area contributed by atoms with Crippen LogP contribution in [0.2, 0.25) is 0 Å². The number of aliphatic hydroxyl groups excluding tert-OH is 1. The Morgan fingerprint density at radius 2 is 1.69 bits per heavy atom. The highest BCUT2D eigenvalue weighted by Gasteiger charge is 2.57. The summed E-state index contributed by atoms with van der Waals surface area (Å²) in [6.45, 7) is 19.4. The van der Waals surface area contributed by atoms with Crippen molar-refractivity contribution in [2.75, 3.05) is 27.3 Å². The predicted molar refractivity (Wildman–Crippen MR) is 231 cm³/mol. The van der Waals surface area contributed by atoms with Crippen molar-refractivity contribution < 1.29 is 57.4 Å². The highest BCUT2D eigenvalue weighted by Crippen LogP contribution is 2.42. The molecule has 3 aliphatic rings. The molecule has 0 aliphatic carbocycles. The van der Waals surface area contributed by atoms with Crippen LogP contribution in [-0.4, -0.2) is 137 Å². The Hall–Kier alpha value is -3.21. The number of aliphatic imine (C=N–C) groups is 1. The van der Waals surface area contributed by atoms with Gasteiger partial charge in [-0.15, -0.1) is 0 Å². The number of ether oxygens (including phenoxy) is 6. The molecule has 2 N–H and O–H groups in total. The number of cyclic esters (lactones) is 1. The Kier molecular flexibility index (Phi) is 16.6. The minimum atomic E-state index is -3.21. The average Bonchev–Trinajstić information content (AvgIpc) is 3.18. The van der Waals surface area contributed by atoms with Gasteiger partial charge in [0.05, 0.1) is 48.8 Å². The van der Waals surface area contributed by atoms with Crippen LogP contribution >= 0.6 is 0 Å². The molecule has 342 valence electrons. The molecule has 61 heavy (non-hydrogen) atoms. The summed E-state index contributed by atoms with van der Waals surface area (Å²) in [6.07, 6.45) is -2.18. The van der Waals surface area contributed by atoms with Crippen molar-refractivity contribution in [1.82, 2.24) is 4.90 Å². The van der Waals surface area contributed by atoms with Gasteiger partial charge in [0.1, 0.15) is 23.9 Å². The lowest BCUT2D eigenvalue weighted by molar-refractivity contribution is -0.324. The fourth-order valence-electron chi connectivity index (χ4n) is 9.17. The lowest BCUT2D eigenvalue weighted by atomic mass is 9.73. The number of halogens is 1. The number of amides is 1. The van der Waals surface area contributed by atoms with E-state index in [0.717, 1.165) is 12.5 Å². The van der Waals surface area contributed by atoms with E-state index >= 15 is 4.39 Å². The molecule has 3 heterocycles. The number of benzene rings is 1. The Labute approximate surface area is 362 Å². The van der Waals surface area contributed by atoms with Gasteiger partial charge in [-0.1, -0.05) is 76.3 Å². The minimum Gasteiger partial charge on any atom is -0.457 e. The average molecular weight is 859 g/mol. The van der Waals surface area contributed by atoms with Crippen molar-refractivity contribution in [2.45, 2.75) is 167 Å². The van der Waals surface area contributed by atoms with E-state index in [1.165, 1.54) is 20.8 Å². The Balaban J connectivity index is 2.00. The zero-order chi connectivity index (χ0) is 45.8. The topological polar surface area (TPSA) is 163 Å². The second-order valence-corrected chi connectivity index (χ2v) is 19.0. The molecule has 3 saturated heterocycles. The zero-order valence-corrected chi connectivity index (χ0v) is 38.6. The summed E-state index contributed by atoms with van der Waals surface area (Å²) >= 11 is 0. The van der Waals surface area contributed by atoms with Crippen LogP contribution in [0.5, 0.6) is 0 Å². The van der Waals surface area contributed by atoms with Crippen LogP contribution in [0.4, 0.5) is 4.39 Å². The molecule has 13 nitrogen and oxygen atoms in total. The molecular weight excluding hydrogens is 788 g/mol. The summed E-state index contributed by atoms with van der Waals surface area (Å²) in [5, 5.41) is 24.5. The third kappa shape index (κ3) is 11.9. The minimum absolute atomic E-state index is 0.0252. The normalized spacial score (nSPS) is 40.1. The van der Waals surface area contributed by atoms with Gasteiger partial charge in [-0.05, 0) is 92.5 Å². The number of carbonyl (C=O) groups excluding carboxylic acids is 3. The number of aliphatic hydroxyl groups is 2. The molecule has 4 rings (SSSR count). The van der Waals surface area contributed by atoms with Gasteiger partial charge in [0.2, 0.25) is 5.91 Å². The number of esters is 1. The third-order valence-corrected chi connectivity index (χ3v) is 12.2. The Bertz CT molecular complexity index is 1770. The molecule has 3 aliphatic heterocycles. The van der Waals surface area contributed by atoms with Crippen molar-refractivity contribution in [3.8, 4) is 0 Å². The number of rotatable bonds is 7. The first kappa shape index (κ1) is 50.4. The fourth-order valence-corrected chi connectivity index (χ4v) is 9.17. The SMILES string of the molecule is CC[C@H]1OC(=O)[C@@](C)(F)C(=O)[C@H](C)[C@@H](O[C@@H]2O[C@H](C)[C@@H](OC(C)(C)C)[C@H](N(C)C)[C@H]2O)[C@@]2(C)C[C@@H](C)/C(=N\C(C)=O)[C@H](C)[C@@H](OC/C(=C\C=C\c3ccccc3)CO2)[C@]1(C)O. The number of hydrogen-bond acceptors (Lipinski definition) is 12. The summed E-state index contributed by atoms with van der Waals surface area (Å²) in [5.41, 5.74) is -5.38. The Morgan fingerprint density at radius 1 is 1.05 bits per heavy atom. The second kappa shape index (κ2) is 20.1. The van der Waals surface area contributed by atoms with Crippen molar-refractivity contribution >= 4 is 29.4 Å². The van der Waals surface area contributed by atoms with Crippen molar-refractivity contribution in [2.24, 2.45) is 22.7 Å². The van der Waals surface area contributed by atoms with E-state index in [2.05, 4.69) is 4.99 Å². The third-order valence-electron chi connectivity index (χ3n) is 12.2. The van der Waals surface area contributed by atoms with Gasteiger partial charge < -0.3 is 43.5 Å². The first-order chi connectivity index (χ1) is 28.2.